The van der Waals surface area contributed by atoms with E-state index >= 15 is 0 Å². The van der Waals surface area contributed by atoms with Crippen LogP contribution in [0.5, 0.6) is 11.8 Å². The van der Waals surface area contributed by atoms with Crippen molar-refractivity contribution in [3.63, 3.8) is 0 Å². The minimum atomic E-state index is -0.521. The van der Waals surface area contributed by atoms with Crippen molar-refractivity contribution in [3.05, 3.63) is 60.2 Å². The third-order valence-electron chi connectivity index (χ3n) is 4.36. The van der Waals surface area contributed by atoms with Crippen LogP contribution in [0, 0.1) is 5.95 Å². The van der Waals surface area contributed by atoms with Crippen LogP contribution >= 0.6 is 0 Å². The third-order valence-corrected chi connectivity index (χ3v) is 4.36. The molecule has 4 heterocycles. The standard InChI is InChI=1S/C20H18FN5O2/c1-3-28-16-5-4-12(8-22-16)14-6-13(18(21)23-9-14)7-15-10-24-19-17(15)20(27-2)26-11-25-19/h4-6,8-11H,3,7H2,1-2H3,(H,24,25,26). The Kier molecular flexibility index (Phi) is 4.84. The molecule has 142 valence electrons. The van der Waals surface area contributed by atoms with Crippen molar-refractivity contribution in [1.29, 1.82) is 0 Å². The first kappa shape index (κ1) is 17.8. The average molecular weight is 379 g/mol. The van der Waals surface area contributed by atoms with Crippen LogP contribution < -0.4 is 9.47 Å². The maximum Gasteiger partial charge on any atom is 0.226 e. The van der Waals surface area contributed by atoms with Gasteiger partial charge in [0, 0.05) is 47.8 Å². The molecule has 0 saturated heterocycles. The molecule has 0 aromatic carbocycles. The molecule has 0 unspecified atom stereocenters. The van der Waals surface area contributed by atoms with Gasteiger partial charge in [0.05, 0.1) is 19.1 Å². The van der Waals surface area contributed by atoms with Crippen molar-refractivity contribution in [3.8, 4) is 22.9 Å². The van der Waals surface area contributed by atoms with Gasteiger partial charge in [0.2, 0.25) is 17.7 Å². The van der Waals surface area contributed by atoms with Crippen LogP contribution in [-0.4, -0.2) is 38.6 Å². The van der Waals surface area contributed by atoms with Gasteiger partial charge in [-0.3, -0.25) is 0 Å². The number of aromatic nitrogens is 5. The monoisotopic (exact) mass is 379 g/mol. The number of nitrogens with zero attached hydrogens (tertiary/aromatic N) is 4. The van der Waals surface area contributed by atoms with Gasteiger partial charge in [0.15, 0.2) is 0 Å². The maximum absolute atomic E-state index is 14.4. The number of pyridine rings is 2. The fourth-order valence-corrected chi connectivity index (χ4v) is 3.06. The topological polar surface area (TPSA) is 85.8 Å². The highest BCUT2D eigenvalue weighted by atomic mass is 19.1. The lowest BCUT2D eigenvalue weighted by Crippen LogP contribution is -1.98. The normalized spacial score (nSPS) is 11.0. The number of ether oxygens (including phenoxy) is 2. The molecule has 0 saturated carbocycles. The fraction of sp³-hybridized carbons (Fsp3) is 0.200. The van der Waals surface area contributed by atoms with Crippen LogP contribution in [-0.2, 0) is 6.42 Å². The van der Waals surface area contributed by atoms with E-state index in [2.05, 4.69) is 24.9 Å². The first-order valence-corrected chi connectivity index (χ1v) is 8.78. The summed E-state index contributed by atoms with van der Waals surface area (Å²) in [6.07, 6.45) is 6.71. The minimum Gasteiger partial charge on any atom is -0.480 e. The smallest absolute Gasteiger partial charge is 0.226 e. The lowest BCUT2D eigenvalue weighted by molar-refractivity contribution is 0.327. The van der Waals surface area contributed by atoms with E-state index in [9.17, 15) is 4.39 Å². The Morgan fingerprint density at radius 1 is 1.04 bits per heavy atom. The number of fused-ring (bicyclic) bond motifs is 1. The van der Waals surface area contributed by atoms with Crippen LogP contribution in [0.3, 0.4) is 0 Å². The third kappa shape index (κ3) is 3.36. The first-order valence-electron chi connectivity index (χ1n) is 8.78. The second-order valence-corrected chi connectivity index (χ2v) is 6.09. The molecule has 4 aromatic rings. The molecule has 4 rings (SSSR count). The molecule has 0 aliphatic carbocycles. The number of H-pyrrole nitrogens is 1. The summed E-state index contributed by atoms with van der Waals surface area (Å²) in [5.41, 5.74) is 3.53. The summed E-state index contributed by atoms with van der Waals surface area (Å²) in [5.74, 6) is 0.474. The molecule has 0 aliphatic rings. The van der Waals surface area contributed by atoms with Crippen LogP contribution in [0.4, 0.5) is 4.39 Å². The van der Waals surface area contributed by atoms with E-state index < -0.39 is 5.95 Å². The van der Waals surface area contributed by atoms with E-state index in [1.54, 1.807) is 31.6 Å². The number of hydrogen-bond acceptors (Lipinski definition) is 6. The van der Waals surface area contributed by atoms with Gasteiger partial charge >= 0.3 is 0 Å². The number of methoxy groups -OCH3 is 1. The van der Waals surface area contributed by atoms with Crippen molar-refractivity contribution >= 4 is 11.0 Å². The van der Waals surface area contributed by atoms with E-state index in [1.807, 2.05) is 13.0 Å². The van der Waals surface area contributed by atoms with E-state index in [4.69, 9.17) is 9.47 Å². The summed E-state index contributed by atoms with van der Waals surface area (Å²) in [5, 5.41) is 0.734. The predicted octanol–water partition coefficient (Wildman–Crippen LogP) is 3.55. The average Bonchev–Trinajstić information content (AvgIpc) is 3.13. The van der Waals surface area contributed by atoms with E-state index in [-0.39, 0.29) is 0 Å². The summed E-state index contributed by atoms with van der Waals surface area (Å²) >= 11 is 0. The van der Waals surface area contributed by atoms with Gasteiger partial charge in [-0.15, -0.1) is 0 Å². The maximum atomic E-state index is 14.4. The van der Waals surface area contributed by atoms with Gasteiger partial charge in [-0.2, -0.15) is 4.39 Å². The highest BCUT2D eigenvalue weighted by molar-refractivity contribution is 5.85. The highest BCUT2D eigenvalue weighted by Crippen LogP contribution is 2.28. The zero-order valence-corrected chi connectivity index (χ0v) is 15.4. The van der Waals surface area contributed by atoms with Crippen molar-refractivity contribution in [2.45, 2.75) is 13.3 Å². The fourth-order valence-electron chi connectivity index (χ4n) is 3.06. The van der Waals surface area contributed by atoms with Gasteiger partial charge in [0.25, 0.3) is 0 Å². The largest absolute Gasteiger partial charge is 0.480 e. The van der Waals surface area contributed by atoms with Crippen molar-refractivity contribution in [2.24, 2.45) is 0 Å². The Morgan fingerprint density at radius 3 is 2.64 bits per heavy atom. The molecule has 0 bridgehead atoms. The van der Waals surface area contributed by atoms with Crippen LogP contribution in [0.2, 0.25) is 0 Å². The molecular formula is C20H18FN5O2. The predicted molar refractivity (Wildman–Crippen MR) is 102 cm³/mol. The molecule has 8 heteroatoms. The lowest BCUT2D eigenvalue weighted by Gasteiger charge is -2.08. The molecule has 0 atom stereocenters. The molecule has 7 nitrogen and oxygen atoms in total. The SMILES string of the molecule is CCOc1ccc(-c2cnc(F)c(Cc3c[nH]c4ncnc(OC)c34)c2)cn1. The van der Waals surface area contributed by atoms with Gasteiger partial charge in [-0.1, -0.05) is 0 Å². The number of nitrogens with one attached hydrogen (secondary N) is 1. The van der Waals surface area contributed by atoms with Gasteiger partial charge in [0.1, 0.15) is 12.0 Å². The highest BCUT2D eigenvalue weighted by Gasteiger charge is 2.15. The Balaban J connectivity index is 1.68. The molecule has 0 aliphatic heterocycles. The van der Waals surface area contributed by atoms with E-state index in [0.29, 0.717) is 36.0 Å². The molecule has 0 amide bonds. The molecule has 4 aromatic heterocycles. The number of hydrogen-bond donors (Lipinski definition) is 1. The quantitative estimate of drug-likeness (QED) is 0.516. The summed E-state index contributed by atoms with van der Waals surface area (Å²) in [7, 11) is 1.54. The van der Waals surface area contributed by atoms with Crippen LogP contribution in [0.1, 0.15) is 18.1 Å². The van der Waals surface area contributed by atoms with Crippen LogP contribution in [0.15, 0.2) is 43.1 Å². The second kappa shape index (κ2) is 7.59. The molecule has 1 N–H and O–H groups in total. The number of halogens is 1. The van der Waals surface area contributed by atoms with Crippen molar-refractivity contribution < 1.29 is 13.9 Å². The van der Waals surface area contributed by atoms with Gasteiger partial charge < -0.3 is 14.5 Å². The van der Waals surface area contributed by atoms with Crippen LogP contribution in [0.25, 0.3) is 22.2 Å². The minimum absolute atomic E-state index is 0.320. The van der Waals surface area contributed by atoms with Crippen molar-refractivity contribution in [2.75, 3.05) is 13.7 Å². The first-order chi connectivity index (χ1) is 13.7. The Morgan fingerprint density at radius 2 is 1.89 bits per heavy atom. The zero-order chi connectivity index (χ0) is 19.5. The summed E-state index contributed by atoms with van der Waals surface area (Å²) in [6.45, 7) is 2.45. The summed E-state index contributed by atoms with van der Waals surface area (Å²) < 4.78 is 25.1. The lowest BCUT2D eigenvalue weighted by atomic mass is 10.0. The Bertz CT molecular complexity index is 1110. The van der Waals surface area contributed by atoms with E-state index in [0.717, 1.165) is 22.1 Å². The molecular weight excluding hydrogens is 361 g/mol. The number of rotatable bonds is 6. The molecule has 28 heavy (non-hydrogen) atoms. The van der Waals surface area contributed by atoms with Gasteiger partial charge in [-0.05, 0) is 24.6 Å². The second-order valence-electron chi connectivity index (χ2n) is 6.09. The summed E-state index contributed by atoms with van der Waals surface area (Å²) in [4.78, 5) is 19.6. The van der Waals surface area contributed by atoms with Crippen molar-refractivity contribution in [1.82, 2.24) is 24.9 Å². The Hall–Kier alpha value is -3.55. The molecule has 0 radical (unpaired) electrons. The summed E-state index contributed by atoms with van der Waals surface area (Å²) in [6, 6.07) is 5.43. The number of aromatic amines is 1. The Labute approximate surface area is 160 Å². The molecule has 0 fully saturated rings. The van der Waals surface area contributed by atoms with E-state index in [1.165, 1.54) is 12.5 Å². The van der Waals surface area contributed by atoms with Gasteiger partial charge in [-0.25, -0.2) is 19.9 Å². The zero-order valence-electron chi connectivity index (χ0n) is 15.4. The molecule has 0 spiro atoms.